The third-order valence-corrected chi connectivity index (χ3v) is 7.13. The molecule has 7 heteroatoms. The van der Waals surface area contributed by atoms with Crippen molar-refractivity contribution in [2.45, 2.75) is 25.0 Å². The Kier molecular flexibility index (Phi) is 6.15. The number of methoxy groups -OCH3 is 1. The molecule has 0 radical (unpaired) electrons. The SMILES string of the molecule is COc1ccc(/C(O)=C2/C(=O)C(=O)N(CC3CCCO3)C2c2cccc3ccccc23)cc1Br. The van der Waals surface area contributed by atoms with Gasteiger partial charge in [-0.3, -0.25) is 9.59 Å². The van der Waals surface area contributed by atoms with Gasteiger partial charge in [0.15, 0.2) is 0 Å². The van der Waals surface area contributed by atoms with Gasteiger partial charge in [0.2, 0.25) is 0 Å². The molecule has 2 fully saturated rings. The standard InChI is InChI=1S/C27H24BrNO5/c1-33-22-12-11-17(14-21(22)28)25(30)23-24(20-10-4-7-16-6-2-3-9-19(16)20)29(27(32)26(23)31)15-18-8-5-13-34-18/h2-4,6-7,9-12,14,18,24,30H,5,8,13,15H2,1H3/b25-23-. The first kappa shape index (κ1) is 22.6. The van der Waals surface area contributed by atoms with Gasteiger partial charge in [-0.25, -0.2) is 0 Å². The molecule has 0 bridgehead atoms. The average molecular weight is 522 g/mol. The molecule has 2 unspecified atom stereocenters. The van der Waals surface area contributed by atoms with Crippen LogP contribution in [0.3, 0.4) is 0 Å². The Morgan fingerprint density at radius 3 is 2.68 bits per heavy atom. The molecule has 0 saturated carbocycles. The van der Waals surface area contributed by atoms with Gasteiger partial charge in [0.25, 0.3) is 11.7 Å². The number of fused-ring (bicyclic) bond motifs is 1. The largest absolute Gasteiger partial charge is 0.507 e. The van der Waals surface area contributed by atoms with Crippen LogP contribution >= 0.6 is 15.9 Å². The Morgan fingerprint density at radius 1 is 1.15 bits per heavy atom. The quantitative estimate of drug-likeness (QED) is 0.283. The number of halogens is 1. The number of ketones is 1. The van der Waals surface area contributed by atoms with Gasteiger partial charge >= 0.3 is 0 Å². The average Bonchev–Trinajstić information content (AvgIpc) is 3.45. The van der Waals surface area contributed by atoms with Crippen molar-refractivity contribution in [3.8, 4) is 5.75 Å². The van der Waals surface area contributed by atoms with E-state index >= 15 is 0 Å². The van der Waals surface area contributed by atoms with Crippen LogP contribution in [0.25, 0.3) is 16.5 Å². The monoisotopic (exact) mass is 521 g/mol. The van der Waals surface area contributed by atoms with Crippen LogP contribution in [0.4, 0.5) is 0 Å². The Bertz CT molecular complexity index is 1310. The first-order valence-electron chi connectivity index (χ1n) is 11.2. The zero-order chi connectivity index (χ0) is 23.8. The van der Waals surface area contributed by atoms with Gasteiger partial charge in [-0.05, 0) is 63.3 Å². The third-order valence-electron chi connectivity index (χ3n) is 6.51. The Balaban J connectivity index is 1.70. The second kappa shape index (κ2) is 9.24. The number of hydrogen-bond acceptors (Lipinski definition) is 5. The van der Waals surface area contributed by atoms with Crippen molar-refractivity contribution >= 4 is 44.2 Å². The van der Waals surface area contributed by atoms with Crippen LogP contribution in [-0.4, -0.2) is 48.1 Å². The lowest BCUT2D eigenvalue weighted by molar-refractivity contribution is -0.140. The van der Waals surface area contributed by atoms with Gasteiger partial charge in [0.05, 0.1) is 29.3 Å². The number of aliphatic hydroxyl groups is 1. The number of carbonyl (C=O) groups is 2. The highest BCUT2D eigenvalue weighted by Crippen LogP contribution is 2.43. The molecule has 0 spiro atoms. The number of Topliss-reactive ketones (excluding diaryl/α,β-unsaturated/α-hetero) is 1. The summed E-state index contributed by atoms with van der Waals surface area (Å²) in [4.78, 5) is 28.2. The number of amides is 1. The maximum atomic E-state index is 13.3. The smallest absolute Gasteiger partial charge is 0.295 e. The molecule has 5 rings (SSSR count). The Morgan fingerprint density at radius 2 is 1.94 bits per heavy atom. The van der Waals surface area contributed by atoms with Crippen molar-refractivity contribution in [1.29, 1.82) is 0 Å². The van der Waals surface area contributed by atoms with Gasteiger partial charge in [-0.1, -0.05) is 42.5 Å². The summed E-state index contributed by atoms with van der Waals surface area (Å²) in [6.45, 7) is 0.939. The van der Waals surface area contributed by atoms with Crippen LogP contribution in [0.2, 0.25) is 0 Å². The molecule has 2 aliphatic rings. The molecule has 1 amide bonds. The number of hydrogen-bond donors (Lipinski definition) is 1. The first-order chi connectivity index (χ1) is 16.5. The topological polar surface area (TPSA) is 76.1 Å². The maximum Gasteiger partial charge on any atom is 0.295 e. The predicted molar refractivity (Wildman–Crippen MR) is 133 cm³/mol. The number of ether oxygens (including phenoxy) is 2. The Hall–Kier alpha value is -3.16. The van der Waals surface area contributed by atoms with E-state index in [1.807, 2.05) is 42.5 Å². The van der Waals surface area contributed by atoms with Crippen molar-refractivity contribution in [2.24, 2.45) is 0 Å². The molecule has 2 heterocycles. The number of rotatable bonds is 5. The van der Waals surface area contributed by atoms with E-state index in [0.29, 0.717) is 28.9 Å². The van der Waals surface area contributed by atoms with E-state index in [1.165, 1.54) is 0 Å². The van der Waals surface area contributed by atoms with Crippen molar-refractivity contribution in [3.05, 3.63) is 81.8 Å². The summed E-state index contributed by atoms with van der Waals surface area (Å²) in [5.41, 5.74) is 1.30. The summed E-state index contributed by atoms with van der Waals surface area (Å²) in [6.07, 6.45) is 1.62. The highest BCUT2D eigenvalue weighted by atomic mass is 79.9. The highest BCUT2D eigenvalue weighted by Gasteiger charge is 2.47. The molecule has 2 atom stereocenters. The number of likely N-dealkylation sites (tertiary alicyclic amines) is 1. The van der Waals surface area contributed by atoms with Gasteiger partial charge in [0.1, 0.15) is 11.5 Å². The van der Waals surface area contributed by atoms with Crippen LogP contribution in [0, 0.1) is 0 Å². The second-order valence-electron chi connectivity index (χ2n) is 8.50. The number of nitrogens with zero attached hydrogens (tertiary/aromatic N) is 1. The van der Waals surface area contributed by atoms with E-state index in [2.05, 4.69) is 15.9 Å². The summed E-state index contributed by atoms with van der Waals surface area (Å²) in [5, 5.41) is 13.3. The van der Waals surface area contributed by atoms with E-state index in [1.54, 1.807) is 30.2 Å². The zero-order valence-corrected chi connectivity index (χ0v) is 20.2. The fourth-order valence-corrected chi connectivity index (χ4v) is 5.40. The lowest BCUT2D eigenvalue weighted by Gasteiger charge is -2.28. The minimum absolute atomic E-state index is 0.0800. The molecule has 2 saturated heterocycles. The molecule has 6 nitrogen and oxygen atoms in total. The van der Waals surface area contributed by atoms with E-state index in [9.17, 15) is 14.7 Å². The summed E-state index contributed by atoms with van der Waals surface area (Å²) >= 11 is 3.44. The van der Waals surface area contributed by atoms with Crippen molar-refractivity contribution in [2.75, 3.05) is 20.3 Å². The van der Waals surface area contributed by atoms with E-state index in [-0.39, 0.29) is 17.4 Å². The summed E-state index contributed by atoms with van der Waals surface area (Å²) < 4.78 is 11.7. The lowest BCUT2D eigenvalue weighted by atomic mass is 9.91. The van der Waals surface area contributed by atoms with Gasteiger partial charge in [0, 0.05) is 18.7 Å². The third kappa shape index (κ3) is 3.89. The number of benzene rings is 3. The van der Waals surface area contributed by atoms with E-state index in [0.717, 1.165) is 29.2 Å². The second-order valence-corrected chi connectivity index (χ2v) is 9.36. The fourth-order valence-electron chi connectivity index (χ4n) is 4.86. The zero-order valence-electron chi connectivity index (χ0n) is 18.7. The molecular formula is C27H24BrNO5. The molecule has 3 aromatic carbocycles. The highest BCUT2D eigenvalue weighted by molar-refractivity contribution is 9.10. The molecule has 2 aliphatic heterocycles. The van der Waals surface area contributed by atoms with E-state index in [4.69, 9.17) is 9.47 Å². The van der Waals surface area contributed by atoms with Gasteiger partial charge in [-0.2, -0.15) is 0 Å². The molecule has 0 aliphatic carbocycles. The lowest BCUT2D eigenvalue weighted by Crippen LogP contribution is -2.36. The van der Waals surface area contributed by atoms with Gasteiger partial charge < -0.3 is 19.5 Å². The fraction of sp³-hybridized carbons (Fsp3) is 0.259. The Labute approximate surface area is 205 Å². The maximum absolute atomic E-state index is 13.3. The molecule has 34 heavy (non-hydrogen) atoms. The molecule has 174 valence electrons. The molecule has 1 N–H and O–H groups in total. The minimum atomic E-state index is -0.726. The van der Waals surface area contributed by atoms with Crippen molar-refractivity contribution in [1.82, 2.24) is 4.90 Å². The van der Waals surface area contributed by atoms with Crippen LogP contribution in [-0.2, 0) is 14.3 Å². The van der Waals surface area contributed by atoms with Gasteiger partial charge in [-0.15, -0.1) is 0 Å². The summed E-state index contributed by atoms with van der Waals surface area (Å²) in [7, 11) is 1.55. The number of aliphatic hydroxyl groups excluding tert-OH is 1. The van der Waals surface area contributed by atoms with Crippen LogP contribution in [0.1, 0.15) is 30.0 Å². The van der Waals surface area contributed by atoms with Crippen molar-refractivity contribution < 1.29 is 24.2 Å². The van der Waals surface area contributed by atoms with Crippen molar-refractivity contribution in [3.63, 3.8) is 0 Å². The first-order valence-corrected chi connectivity index (χ1v) is 12.0. The minimum Gasteiger partial charge on any atom is -0.507 e. The normalized spacial score (nSPS) is 22.0. The van der Waals surface area contributed by atoms with Crippen LogP contribution < -0.4 is 4.74 Å². The number of carbonyl (C=O) groups excluding carboxylic acids is 2. The molecular weight excluding hydrogens is 498 g/mol. The van der Waals surface area contributed by atoms with Crippen LogP contribution in [0.15, 0.2) is 70.7 Å². The molecule has 0 aromatic heterocycles. The predicted octanol–water partition coefficient (Wildman–Crippen LogP) is 5.21. The molecule has 3 aromatic rings. The summed E-state index contributed by atoms with van der Waals surface area (Å²) in [5.74, 6) is -0.932. The summed E-state index contributed by atoms with van der Waals surface area (Å²) in [6, 6.07) is 18.0. The van der Waals surface area contributed by atoms with E-state index < -0.39 is 17.7 Å². The van der Waals surface area contributed by atoms with Crippen LogP contribution in [0.5, 0.6) is 5.75 Å².